The Balaban J connectivity index is 2.71. The number of amides is 1. The Kier molecular flexibility index (Phi) is 5.80. The molecule has 0 aliphatic carbocycles. The maximum Gasteiger partial charge on any atom is 0.292 e. The third-order valence-corrected chi connectivity index (χ3v) is 2.80. The molecule has 0 unspecified atom stereocenters. The molecule has 1 rings (SSSR count). The molecule has 0 saturated carbocycles. The number of para-hydroxylation sites is 2. The van der Waals surface area contributed by atoms with Gasteiger partial charge >= 0.3 is 0 Å². The molecule has 1 amide bonds. The van der Waals surface area contributed by atoms with E-state index in [2.05, 4.69) is 5.32 Å². The van der Waals surface area contributed by atoms with E-state index in [9.17, 15) is 20.0 Å². The largest absolute Gasteiger partial charge is 0.389 e. The van der Waals surface area contributed by atoms with Crippen molar-refractivity contribution in [1.29, 1.82) is 0 Å². The molecule has 0 aliphatic rings. The van der Waals surface area contributed by atoms with Crippen LogP contribution in [-0.4, -0.2) is 46.1 Å². The van der Waals surface area contributed by atoms with Gasteiger partial charge in [-0.25, -0.2) is 0 Å². The smallest absolute Gasteiger partial charge is 0.292 e. The van der Waals surface area contributed by atoms with Gasteiger partial charge in [0.05, 0.1) is 17.1 Å². The lowest BCUT2D eigenvalue weighted by molar-refractivity contribution is -0.383. The van der Waals surface area contributed by atoms with Crippen LogP contribution in [-0.2, 0) is 4.79 Å². The number of nitrogens with one attached hydrogen (secondary N) is 1. The van der Waals surface area contributed by atoms with Crippen molar-refractivity contribution in [3.63, 3.8) is 0 Å². The summed E-state index contributed by atoms with van der Waals surface area (Å²) in [6, 6.07) is 5.99. The summed E-state index contributed by atoms with van der Waals surface area (Å²) in [5.41, 5.74) is -0.877. The third kappa shape index (κ3) is 5.88. The average molecular weight is 295 g/mol. The van der Waals surface area contributed by atoms with E-state index in [1.807, 2.05) is 6.92 Å². The molecule has 2 N–H and O–H groups in total. The van der Waals surface area contributed by atoms with Crippen LogP contribution in [0.25, 0.3) is 0 Å². The van der Waals surface area contributed by atoms with Crippen LogP contribution in [0, 0.1) is 10.1 Å². The summed E-state index contributed by atoms with van der Waals surface area (Å²) in [6.45, 7) is 6.20. The average Bonchev–Trinajstić information content (AvgIpc) is 2.36. The second-order valence-corrected chi connectivity index (χ2v) is 5.44. The van der Waals surface area contributed by atoms with Gasteiger partial charge in [-0.15, -0.1) is 0 Å². The maximum absolute atomic E-state index is 12.0. The quantitative estimate of drug-likeness (QED) is 0.588. The topological polar surface area (TPSA) is 95.7 Å². The normalized spacial score (nSPS) is 11.5. The molecule has 0 heterocycles. The first-order chi connectivity index (χ1) is 9.73. The van der Waals surface area contributed by atoms with Crippen LogP contribution in [0.1, 0.15) is 20.8 Å². The Morgan fingerprint density at radius 1 is 1.43 bits per heavy atom. The van der Waals surface area contributed by atoms with Crippen molar-refractivity contribution >= 4 is 17.3 Å². The summed E-state index contributed by atoms with van der Waals surface area (Å²) < 4.78 is 0. The molecule has 0 spiro atoms. The van der Waals surface area contributed by atoms with Crippen molar-refractivity contribution in [3.8, 4) is 0 Å². The summed E-state index contributed by atoms with van der Waals surface area (Å²) in [5, 5.41) is 23.2. The maximum atomic E-state index is 12.0. The van der Waals surface area contributed by atoms with Crippen LogP contribution in [0.3, 0.4) is 0 Å². The zero-order chi connectivity index (χ0) is 16.0. The Morgan fingerprint density at radius 2 is 2.05 bits per heavy atom. The van der Waals surface area contributed by atoms with Crippen LogP contribution >= 0.6 is 0 Å². The van der Waals surface area contributed by atoms with E-state index in [1.54, 1.807) is 30.9 Å². The van der Waals surface area contributed by atoms with Gasteiger partial charge in [-0.3, -0.25) is 19.8 Å². The lowest BCUT2D eigenvalue weighted by Gasteiger charge is -2.27. The van der Waals surface area contributed by atoms with Gasteiger partial charge in [0.2, 0.25) is 5.91 Å². The zero-order valence-corrected chi connectivity index (χ0v) is 12.5. The first-order valence-electron chi connectivity index (χ1n) is 6.71. The van der Waals surface area contributed by atoms with Crippen molar-refractivity contribution in [2.24, 2.45) is 0 Å². The Labute approximate surface area is 123 Å². The van der Waals surface area contributed by atoms with E-state index in [4.69, 9.17) is 0 Å². The number of anilines is 1. The molecule has 21 heavy (non-hydrogen) atoms. The summed E-state index contributed by atoms with van der Waals surface area (Å²) in [4.78, 5) is 24.1. The van der Waals surface area contributed by atoms with Gasteiger partial charge in [-0.05, 0) is 26.5 Å². The van der Waals surface area contributed by atoms with Crippen LogP contribution < -0.4 is 5.32 Å². The molecule has 0 bridgehead atoms. The lowest BCUT2D eigenvalue weighted by Crippen LogP contribution is -2.42. The molecule has 116 valence electrons. The summed E-state index contributed by atoms with van der Waals surface area (Å²) in [6.07, 6.45) is 0. The van der Waals surface area contributed by atoms with Gasteiger partial charge in [-0.1, -0.05) is 19.1 Å². The molecule has 1 aromatic carbocycles. The second kappa shape index (κ2) is 7.14. The molecular formula is C14H21N3O4. The highest BCUT2D eigenvalue weighted by atomic mass is 16.6. The Bertz CT molecular complexity index is 511. The van der Waals surface area contributed by atoms with Crippen molar-refractivity contribution in [1.82, 2.24) is 4.90 Å². The third-order valence-electron chi connectivity index (χ3n) is 2.80. The van der Waals surface area contributed by atoms with Crippen molar-refractivity contribution < 1.29 is 14.8 Å². The monoisotopic (exact) mass is 295 g/mol. The number of carbonyl (C=O) groups is 1. The summed E-state index contributed by atoms with van der Waals surface area (Å²) in [7, 11) is 0. The molecule has 0 atom stereocenters. The number of carbonyl (C=O) groups excluding carboxylic acids is 1. The van der Waals surface area contributed by atoms with Gasteiger partial charge in [0.1, 0.15) is 5.69 Å². The fourth-order valence-corrected chi connectivity index (χ4v) is 1.96. The molecule has 0 aromatic heterocycles. The van der Waals surface area contributed by atoms with Crippen LogP contribution in [0.15, 0.2) is 24.3 Å². The van der Waals surface area contributed by atoms with E-state index in [0.29, 0.717) is 13.1 Å². The molecule has 1 aromatic rings. The van der Waals surface area contributed by atoms with Gasteiger partial charge in [-0.2, -0.15) is 0 Å². The number of likely N-dealkylation sites (N-methyl/N-ethyl adjacent to an activating group) is 1. The molecule has 0 fully saturated rings. The fourth-order valence-electron chi connectivity index (χ4n) is 1.96. The number of hydrogen-bond donors (Lipinski definition) is 2. The number of rotatable bonds is 7. The summed E-state index contributed by atoms with van der Waals surface area (Å²) >= 11 is 0. The van der Waals surface area contributed by atoms with E-state index in [-0.39, 0.29) is 23.8 Å². The number of nitrogens with zero attached hydrogens (tertiary/aromatic N) is 2. The number of nitro benzene ring substituents is 1. The Hall–Kier alpha value is -1.99. The molecule has 0 radical (unpaired) electrons. The number of hydrogen-bond acceptors (Lipinski definition) is 5. The van der Waals surface area contributed by atoms with Gasteiger partial charge in [0.15, 0.2) is 0 Å². The van der Waals surface area contributed by atoms with Gasteiger partial charge in [0.25, 0.3) is 5.69 Å². The van der Waals surface area contributed by atoms with Crippen LogP contribution in [0.4, 0.5) is 11.4 Å². The molecule has 0 aliphatic heterocycles. The van der Waals surface area contributed by atoms with E-state index < -0.39 is 10.5 Å². The lowest BCUT2D eigenvalue weighted by atomic mass is 10.1. The molecule has 7 heteroatoms. The molecule has 0 saturated heterocycles. The predicted molar refractivity (Wildman–Crippen MR) is 80.1 cm³/mol. The number of nitro groups is 1. The van der Waals surface area contributed by atoms with Gasteiger partial charge in [0, 0.05) is 12.6 Å². The number of benzene rings is 1. The fraction of sp³-hybridized carbons (Fsp3) is 0.500. The molecular weight excluding hydrogens is 274 g/mol. The first-order valence-corrected chi connectivity index (χ1v) is 6.71. The van der Waals surface area contributed by atoms with Crippen molar-refractivity contribution in [3.05, 3.63) is 34.4 Å². The van der Waals surface area contributed by atoms with E-state index >= 15 is 0 Å². The highest BCUT2D eigenvalue weighted by molar-refractivity contribution is 5.94. The zero-order valence-electron chi connectivity index (χ0n) is 12.5. The van der Waals surface area contributed by atoms with Crippen molar-refractivity contribution in [2.45, 2.75) is 26.4 Å². The van der Waals surface area contributed by atoms with Crippen molar-refractivity contribution in [2.75, 3.05) is 25.0 Å². The first kappa shape index (κ1) is 17.1. The van der Waals surface area contributed by atoms with Gasteiger partial charge < -0.3 is 10.4 Å². The predicted octanol–water partition coefficient (Wildman–Crippen LogP) is 1.63. The minimum absolute atomic E-state index is 0.0620. The minimum atomic E-state index is -0.908. The van der Waals surface area contributed by atoms with Crippen LogP contribution in [0.2, 0.25) is 0 Å². The van der Waals surface area contributed by atoms with E-state index in [0.717, 1.165) is 0 Å². The van der Waals surface area contributed by atoms with Crippen LogP contribution in [0.5, 0.6) is 0 Å². The SMILES string of the molecule is CCN(CC(=O)Nc1ccccc1[N+](=O)[O-])CC(C)(C)O. The Morgan fingerprint density at radius 3 is 2.57 bits per heavy atom. The standard InChI is InChI=1S/C14H21N3O4/c1-4-16(10-14(2,3)19)9-13(18)15-11-7-5-6-8-12(11)17(20)21/h5-8,19H,4,9-10H2,1-3H3,(H,15,18). The van der Waals surface area contributed by atoms with E-state index in [1.165, 1.54) is 12.1 Å². The highest BCUT2D eigenvalue weighted by Gasteiger charge is 2.20. The molecule has 7 nitrogen and oxygen atoms in total. The highest BCUT2D eigenvalue weighted by Crippen LogP contribution is 2.23. The minimum Gasteiger partial charge on any atom is -0.389 e. The second-order valence-electron chi connectivity index (χ2n) is 5.44. The summed E-state index contributed by atoms with van der Waals surface area (Å²) in [5.74, 6) is -0.351. The number of aliphatic hydroxyl groups is 1.